The highest BCUT2D eigenvalue weighted by atomic mass is 35.5. The molecule has 2 N–H and O–H groups in total. The molecule has 3 rings (SSSR count). The molecule has 10 nitrogen and oxygen atoms in total. The van der Waals surface area contributed by atoms with E-state index in [0.717, 1.165) is 22.6 Å². The average Bonchev–Trinajstić information content (AvgIpc) is 3.19. The first-order valence-corrected chi connectivity index (χ1v) is 11.5. The first-order valence-electron chi connectivity index (χ1n) is 10.3. The number of nitrogens with one attached hydrogen (secondary N) is 2. The van der Waals surface area contributed by atoms with Crippen molar-refractivity contribution in [2.24, 2.45) is 0 Å². The molecule has 0 saturated carbocycles. The number of aryl methyl sites for hydroxylation is 1. The molecular formula is C22H26ClN3O7S. The predicted molar refractivity (Wildman–Crippen MR) is 128 cm³/mol. The van der Waals surface area contributed by atoms with Gasteiger partial charge >= 0.3 is 6.09 Å². The Morgan fingerprint density at radius 2 is 1.94 bits per heavy atom. The molecule has 1 saturated heterocycles. The van der Waals surface area contributed by atoms with Crippen LogP contribution in [0.4, 0.5) is 16.2 Å². The Hall–Kier alpha value is -2.70. The van der Waals surface area contributed by atoms with Gasteiger partial charge in [-0.1, -0.05) is 22.9 Å². The lowest BCUT2D eigenvalue weighted by atomic mass is 10.0. The first-order chi connectivity index (χ1) is 16.3. The van der Waals surface area contributed by atoms with E-state index in [-0.39, 0.29) is 30.8 Å². The van der Waals surface area contributed by atoms with E-state index in [1.54, 1.807) is 35.2 Å². The van der Waals surface area contributed by atoms with Crippen LogP contribution in [-0.2, 0) is 23.8 Å². The van der Waals surface area contributed by atoms with Crippen molar-refractivity contribution in [1.29, 1.82) is 0 Å². The summed E-state index contributed by atoms with van der Waals surface area (Å²) in [6, 6.07) is 8.32. The van der Waals surface area contributed by atoms with Crippen LogP contribution in [0.5, 0.6) is 5.06 Å². The van der Waals surface area contributed by atoms with Gasteiger partial charge in [-0.25, -0.2) is 4.79 Å². The second kappa shape index (κ2) is 11.6. The maximum Gasteiger partial charge on any atom is 0.414 e. The molecule has 1 aromatic heterocycles. The van der Waals surface area contributed by atoms with Crippen molar-refractivity contribution >= 4 is 52.2 Å². The molecule has 0 unspecified atom stereocenters. The number of hydrogen-bond acceptors (Lipinski definition) is 8. The summed E-state index contributed by atoms with van der Waals surface area (Å²) in [4.78, 5) is 39.7. The van der Waals surface area contributed by atoms with Crippen LogP contribution in [0.1, 0.15) is 5.56 Å². The fourth-order valence-electron chi connectivity index (χ4n) is 3.52. The number of benzene rings is 1. The standard InChI is InChI=1S/C22H26ClN3O7S/c1-14-10-15(4-5-16(14)26-8-9-32-11-18(26)27)24-20(28)22(12-30-2,13-31-3)25-21(29)33-19-7-6-17(23)34-19/h4-7,10H,8-9,11-13H2,1-3H3,(H,24,28)(H,25,29). The number of hydrogen-bond donors (Lipinski definition) is 2. The summed E-state index contributed by atoms with van der Waals surface area (Å²) in [6.07, 6.45) is -0.861. The van der Waals surface area contributed by atoms with Gasteiger partial charge in [0.1, 0.15) is 6.61 Å². The summed E-state index contributed by atoms with van der Waals surface area (Å²) in [7, 11) is 2.81. The first kappa shape index (κ1) is 25.9. The molecule has 1 aliphatic heterocycles. The Balaban J connectivity index is 1.77. The highest BCUT2D eigenvalue weighted by Gasteiger charge is 2.41. The number of halogens is 1. The molecule has 1 fully saturated rings. The maximum atomic E-state index is 13.3. The molecule has 0 atom stereocenters. The fraction of sp³-hybridized carbons (Fsp3) is 0.409. The number of rotatable bonds is 9. The van der Waals surface area contributed by atoms with Gasteiger partial charge in [-0.05, 0) is 42.8 Å². The number of carbonyl (C=O) groups excluding carboxylic acids is 3. The molecule has 12 heteroatoms. The van der Waals surface area contributed by atoms with Crippen molar-refractivity contribution < 1.29 is 33.3 Å². The second-order valence-electron chi connectivity index (χ2n) is 7.57. The van der Waals surface area contributed by atoms with Gasteiger partial charge in [-0.2, -0.15) is 0 Å². The van der Waals surface area contributed by atoms with Gasteiger partial charge in [-0.3, -0.25) is 9.59 Å². The third kappa shape index (κ3) is 6.24. The topological polar surface area (TPSA) is 115 Å². The Kier molecular flexibility index (Phi) is 8.86. The van der Waals surface area contributed by atoms with Gasteiger partial charge in [0.25, 0.3) is 11.8 Å². The van der Waals surface area contributed by atoms with Crippen molar-refractivity contribution in [3.05, 3.63) is 40.2 Å². The largest absolute Gasteiger partial charge is 0.414 e. The molecule has 184 valence electrons. The summed E-state index contributed by atoms with van der Waals surface area (Å²) >= 11 is 6.95. The summed E-state index contributed by atoms with van der Waals surface area (Å²) in [6.45, 7) is 2.44. The van der Waals surface area contributed by atoms with Crippen LogP contribution in [0.3, 0.4) is 0 Å². The smallest absolute Gasteiger partial charge is 0.399 e. The molecule has 0 spiro atoms. The van der Waals surface area contributed by atoms with E-state index < -0.39 is 17.5 Å². The molecule has 1 aromatic carbocycles. The number of amides is 3. The van der Waals surface area contributed by atoms with E-state index in [4.69, 9.17) is 30.5 Å². The molecular weight excluding hydrogens is 486 g/mol. The summed E-state index contributed by atoms with van der Waals surface area (Å²) in [5.41, 5.74) is 0.430. The molecule has 2 heterocycles. The zero-order chi connectivity index (χ0) is 24.7. The van der Waals surface area contributed by atoms with Gasteiger partial charge in [0.2, 0.25) is 0 Å². The highest BCUT2D eigenvalue weighted by molar-refractivity contribution is 7.17. The lowest BCUT2D eigenvalue weighted by Crippen LogP contribution is -2.63. The van der Waals surface area contributed by atoms with Gasteiger partial charge in [0.15, 0.2) is 10.6 Å². The molecule has 0 aliphatic carbocycles. The van der Waals surface area contributed by atoms with Crippen LogP contribution >= 0.6 is 22.9 Å². The van der Waals surface area contributed by atoms with Gasteiger partial charge < -0.3 is 34.5 Å². The van der Waals surface area contributed by atoms with E-state index in [1.807, 2.05) is 6.92 Å². The van der Waals surface area contributed by atoms with Crippen molar-refractivity contribution in [2.45, 2.75) is 12.5 Å². The van der Waals surface area contributed by atoms with Crippen molar-refractivity contribution in [1.82, 2.24) is 5.32 Å². The van der Waals surface area contributed by atoms with E-state index in [2.05, 4.69) is 10.6 Å². The van der Waals surface area contributed by atoms with Gasteiger partial charge in [-0.15, -0.1) is 0 Å². The van der Waals surface area contributed by atoms with Crippen LogP contribution in [0.15, 0.2) is 30.3 Å². The van der Waals surface area contributed by atoms with E-state index in [9.17, 15) is 14.4 Å². The summed E-state index contributed by atoms with van der Waals surface area (Å²) < 4.78 is 21.3. The number of thiophene rings is 1. The van der Waals surface area contributed by atoms with Crippen LogP contribution in [-0.4, -0.2) is 70.6 Å². The molecule has 34 heavy (non-hydrogen) atoms. The monoisotopic (exact) mass is 511 g/mol. The van der Waals surface area contributed by atoms with E-state index in [1.165, 1.54) is 14.2 Å². The average molecular weight is 512 g/mol. The zero-order valence-corrected chi connectivity index (χ0v) is 20.6. The van der Waals surface area contributed by atoms with Crippen molar-refractivity contribution in [2.75, 3.05) is 57.4 Å². The highest BCUT2D eigenvalue weighted by Crippen LogP contribution is 2.29. The third-order valence-corrected chi connectivity index (χ3v) is 6.14. The van der Waals surface area contributed by atoms with E-state index >= 15 is 0 Å². The number of anilines is 2. The second-order valence-corrected chi connectivity index (χ2v) is 9.25. The molecule has 0 radical (unpaired) electrons. The fourth-order valence-corrected chi connectivity index (χ4v) is 4.39. The van der Waals surface area contributed by atoms with Gasteiger partial charge in [0.05, 0.1) is 24.2 Å². The van der Waals surface area contributed by atoms with Crippen LogP contribution in [0, 0.1) is 6.92 Å². The molecule has 2 aromatic rings. The minimum Gasteiger partial charge on any atom is -0.399 e. The zero-order valence-electron chi connectivity index (χ0n) is 19.0. The maximum absolute atomic E-state index is 13.3. The molecule has 0 bridgehead atoms. The van der Waals surface area contributed by atoms with Crippen LogP contribution in [0.2, 0.25) is 4.34 Å². The quantitative estimate of drug-likeness (QED) is 0.532. The summed E-state index contributed by atoms with van der Waals surface area (Å²) in [5, 5.41) is 5.63. The Morgan fingerprint density at radius 3 is 2.53 bits per heavy atom. The number of morpholine rings is 1. The Bertz CT molecular complexity index is 1040. The van der Waals surface area contributed by atoms with E-state index in [0.29, 0.717) is 23.2 Å². The lowest BCUT2D eigenvalue weighted by molar-refractivity contribution is -0.127. The van der Waals surface area contributed by atoms with Crippen molar-refractivity contribution in [3.63, 3.8) is 0 Å². The minimum absolute atomic E-state index is 0.0356. The Morgan fingerprint density at radius 1 is 1.21 bits per heavy atom. The summed E-state index contributed by atoms with van der Waals surface area (Å²) in [5.74, 6) is -0.688. The number of methoxy groups -OCH3 is 2. The lowest BCUT2D eigenvalue weighted by Gasteiger charge is -2.32. The normalized spacial score (nSPS) is 14.1. The third-order valence-electron chi connectivity index (χ3n) is 5.03. The molecule has 1 aliphatic rings. The molecule has 3 amide bonds. The number of ether oxygens (including phenoxy) is 4. The van der Waals surface area contributed by atoms with Crippen molar-refractivity contribution in [3.8, 4) is 5.06 Å². The minimum atomic E-state index is -1.58. The number of carbonyl (C=O) groups is 3. The van der Waals surface area contributed by atoms with Gasteiger partial charge in [0, 0.05) is 32.1 Å². The van der Waals surface area contributed by atoms with Crippen LogP contribution in [0.25, 0.3) is 0 Å². The number of nitrogens with zero attached hydrogens (tertiary/aromatic N) is 1. The van der Waals surface area contributed by atoms with Crippen LogP contribution < -0.4 is 20.3 Å². The Labute approximate surface area is 206 Å². The predicted octanol–water partition coefficient (Wildman–Crippen LogP) is 2.83. The SMILES string of the molecule is COCC(COC)(NC(=O)Oc1ccc(Cl)s1)C(=O)Nc1ccc(N2CCOCC2=O)c(C)c1.